The molecule has 88 valence electrons. The Balaban J connectivity index is 2.21. The number of benzene rings is 1. The summed E-state index contributed by atoms with van der Waals surface area (Å²) in [7, 11) is 0. The molecule has 1 fully saturated rings. The molecule has 1 aliphatic heterocycles. The van der Waals surface area contributed by atoms with Gasteiger partial charge in [0.1, 0.15) is 17.1 Å². The summed E-state index contributed by atoms with van der Waals surface area (Å²) in [5.74, 6) is 1.16. The van der Waals surface area contributed by atoms with Gasteiger partial charge in [-0.2, -0.15) is 0 Å². The Hall–Kier alpha value is -1.22. The molecule has 1 heterocycles. The first-order valence-corrected chi connectivity index (χ1v) is 5.71. The van der Waals surface area contributed by atoms with E-state index in [9.17, 15) is 5.11 Å². The highest BCUT2D eigenvalue weighted by Gasteiger charge is 2.22. The van der Waals surface area contributed by atoms with Crippen LogP contribution in [0.1, 0.15) is 38.8 Å². The van der Waals surface area contributed by atoms with E-state index in [-0.39, 0.29) is 11.6 Å². The summed E-state index contributed by atoms with van der Waals surface area (Å²) in [5.41, 5.74) is 0.731. The van der Waals surface area contributed by atoms with Gasteiger partial charge in [0.05, 0.1) is 0 Å². The fourth-order valence-electron chi connectivity index (χ4n) is 1.78. The number of aromatic hydroxyl groups is 1. The minimum Gasteiger partial charge on any atom is -0.508 e. The van der Waals surface area contributed by atoms with Crippen molar-refractivity contribution in [3.63, 3.8) is 0 Å². The second-order valence-electron chi connectivity index (χ2n) is 5.23. The first-order valence-electron chi connectivity index (χ1n) is 5.71. The van der Waals surface area contributed by atoms with Gasteiger partial charge in [-0.3, -0.25) is 0 Å². The molecule has 1 atom stereocenters. The van der Waals surface area contributed by atoms with E-state index >= 15 is 0 Å². The molecular formula is C13H19NO2. The SMILES string of the molecule is CC(C)(C)Oc1ccc(O)c([C@@H]2CCN2)c1. The third-order valence-corrected chi connectivity index (χ3v) is 2.62. The van der Waals surface area contributed by atoms with E-state index in [1.807, 2.05) is 32.9 Å². The first kappa shape index (κ1) is 11.3. The van der Waals surface area contributed by atoms with Gasteiger partial charge in [-0.25, -0.2) is 0 Å². The standard InChI is InChI=1S/C13H19NO2/c1-13(2,3)16-9-4-5-12(15)10(8-9)11-6-7-14-11/h4-5,8,11,14-15H,6-7H2,1-3H3/t11-/m0/s1. The summed E-state index contributed by atoms with van der Waals surface area (Å²) in [4.78, 5) is 0. The molecule has 0 saturated carbocycles. The molecule has 3 heteroatoms. The van der Waals surface area contributed by atoms with Gasteiger partial charge in [0.2, 0.25) is 0 Å². The first-order chi connectivity index (χ1) is 7.46. The molecule has 0 aliphatic carbocycles. The molecule has 0 spiro atoms. The lowest BCUT2D eigenvalue weighted by Crippen LogP contribution is -2.35. The molecule has 16 heavy (non-hydrogen) atoms. The van der Waals surface area contributed by atoms with E-state index in [0.29, 0.717) is 5.75 Å². The molecule has 2 N–H and O–H groups in total. The summed E-state index contributed by atoms with van der Waals surface area (Å²) in [5, 5.41) is 13.1. The van der Waals surface area contributed by atoms with Crippen molar-refractivity contribution in [1.29, 1.82) is 0 Å². The van der Waals surface area contributed by atoms with Crippen LogP contribution in [-0.4, -0.2) is 17.3 Å². The molecule has 1 aromatic rings. The number of phenolic OH excluding ortho intramolecular Hbond substituents is 1. The summed E-state index contributed by atoms with van der Waals surface area (Å²) >= 11 is 0. The van der Waals surface area contributed by atoms with Gasteiger partial charge in [0, 0.05) is 11.6 Å². The van der Waals surface area contributed by atoms with E-state index in [0.717, 1.165) is 24.3 Å². The van der Waals surface area contributed by atoms with Crippen molar-refractivity contribution in [3.05, 3.63) is 23.8 Å². The number of phenols is 1. The molecule has 0 amide bonds. The Kier molecular flexibility index (Phi) is 2.80. The van der Waals surface area contributed by atoms with Crippen LogP contribution >= 0.6 is 0 Å². The Morgan fingerprint density at radius 3 is 2.56 bits per heavy atom. The van der Waals surface area contributed by atoms with Crippen molar-refractivity contribution in [3.8, 4) is 11.5 Å². The van der Waals surface area contributed by atoms with Crippen LogP contribution in [0.25, 0.3) is 0 Å². The zero-order valence-electron chi connectivity index (χ0n) is 10.1. The normalized spacial score (nSPS) is 20.3. The minimum absolute atomic E-state index is 0.207. The van der Waals surface area contributed by atoms with Crippen LogP contribution < -0.4 is 10.1 Å². The zero-order valence-corrected chi connectivity index (χ0v) is 10.1. The maximum absolute atomic E-state index is 9.77. The maximum atomic E-state index is 9.77. The van der Waals surface area contributed by atoms with Gasteiger partial charge in [0.25, 0.3) is 0 Å². The van der Waals surface area contributed by atoms with Crippen molar-refractivity contribution < 1.29 is 9.84 Å². The zero-order chi connectivity index (χ0) is 11.8. The topological polar surface area (TPSA) is 41.5 Å². The summed E-state index contributed by atoms with van der Waals surface area (Å²) in [6.45, 7) is 7.07. The van der Waals surface area contributed by atoms with Crippen molar-refractivity contribution in [2.24, 2.45) is 0 Å². The quantitative estimate of drug-likeness (QED) is 0.806. The van der Waals surface area contributed by atoms with E-state index in [1.165, 1.54) is 0 Å². The number of ether oxygens (including phenoxy) is 1. The predicted molar refractivity (Wildman–Crippen MR) is 63.8 cm³/mol. The number of rotatable bonds is 2. The van der Waals surface area contributed by atoms with Crippen LogP contribution in [0.3, 0.4) is 0 Å². The van der Waals surface area contributed by atoms with Crippen LogP contribution in [0.4, 0.5) is 0 Å². The van der Waals surface area contributed by atoms with E-state index < -0.39 is 0 Å². The van der Waals surface area contributed by atoms with Crippen molar-refractivity contribution in [2.45, 2.75) is 38.8 Å². The van der Waals surface area contributed by atoms with Crippen molar-refractivity contribution in [2.75, 3.05) is 6.54 Å². The highest BCUT2D eigenvalue weighted by molar-refractivity contribution is 5.42. The Bertz CT molecular complexity index is 378. The Labute approximate surface area is 96.4 Å². The Morgan fingerprint density at radius 1 is 1.38 bits per heavy atom. The molecule has 0 unspecified atom stereocenters. The largest absolute Gasteiger partial charge is 0.508 e. The van der Waals surface area contributed by atoms with Gasteiger partial charge in [-0.15, -0.1) is 0 Å². The summed E-state index contributed by atoms with van der Waals surface area (Å²) in [6.07, 6.45) is 1.08. The van der Waals surface area contributed by atoms with E-state index in [1.54, 1.807) is 6.07 Å². The van der Waals surface area contributed by atoms with E-state index in [2.05, 4.69) is 5.32 Å². The lowest BCUT2D eigenvalue weighted by molar-refractivity contribution is 0.130. The number of nitrogens with one attached hydrogen (secondary N) is 1. The average Bonchev–Trinajstić information content (AvgIpc) is 2.05. The third kappa shape index (κ3) is 2.47. The lowest BCUT2D eigenvalue weighted by atomic mass is 9.97. The molecule has 2 rings (SSSR count). The highest BCUT2D eigenvalue weighted by atomic mass is 16.5. The lowest BCUT2D eigenvalue weighted by Gasteiger charge is -2.29. The number of hydrogen-bond donors (Lipinski definition) is 2. The van der Waals surface area contributed by atoms with Crippen LogP contribution in [0.5, 0.6) is 11.5 Å². The second kappa shape index (κ2) is 3.98. The predicted octanol–water partition coefficient (Wildman–Crippen LogP) is 2.60. The molecule has 1 aromatic carbocycles. The van der Waals surface area contributed by atoms with Crippen molar-refractivity contribution >= 4 is 0 Å². The smallest absolute Gasteiger partial charge is 0.120 e. The van der Waals surface area contributed by atoms with Gasteiger partial charge in [-0.1, -0.05) is 0 Å². The van der Waals surface area contributed by atoms with Gasteiger partial charge < -0.3 is 15.2 Å². The molecule has 1 saturated heterocycles. The van der Waals surface area contributed by atoms with Crippen LogP contribution in [0, 0.1) is 0 Å². The average molecular weight is 221 g/mol. The summed E-state index contributed by atoms with van der Waals surface area (Å²) in [6, 6.07) is 5.72. The minimum atomic E-state index is -0.207. The maximum Gasteiger partial charge on any atom is 0.120 e. The molecule has 1 aliphatic rings. The molecule has 3 nitrogen and oxygen atoms in total. The van der Waals surface area contributed by atoms with Gasteiger partial charge >= 0.3 is 0 Å². The van der Waals surface area contributed by atoms with Crippen molar-refractivity contribution in [1.82, 2.24) is 5.32 Å². The molecule has 0 radical (unpaired) electrons. The molecular weight excluding hydrogens is 202 g/mol. The Morgan fingerprint density at radius 2 is 2.06 bits per heavy atom. The van der Waals surface area contributed by atoms with Gasteiger partial charge in [0.15, 0.2) is 0 Å². The highest BCUT2D eigenvalue weighted by Crippen LogP contribution is 2.34. The summed E-state index contributed by atoms with van der Waals surface area (Å²) < 4.78 is 5.78. The van der Waals surface area contributed by atoms with Crippen LogP contribution in [0.15, 0.2) is 18.2 Å². The monoisotopic (exact) mass is 221 g/mol. The second-order valence-corrected chi connectivity index (χ2v) is 5.23. The number of hydrogen-bond acceptors (Lipinski definition) is 3. The fourth-order valence-corrected chi connectivity index (χ4v) is 1.78. The molecule has 0 aromatic heterocycles. The fraction of sp³-hybridized carbons (Fsp3) is 0.538. The van der Waals surface area contributed by atoms with Gasteiger partial charge in [-0.05, 0) is 51.9 Å². The molecule has 0 bridgehead atoms. The van der Waals surface area contributed by atoms with Crippen LogP contribution in [-0.2, 0) is 0 Å². The van der Waals surface area contributed by atoms with E-state index in [4.69, 9.17) is 4.74 Å². The van der Waals surface area contributed by atoms with Crippen LogP contribution in [0.2, 0.25) is 0 Å². The third-order valence-electron chi connectivity index (χ3n) is 2.62.